The molecule has 12 nitrogen and oxygen atoms in total. The van der Waals surface area contributed by atoms with Crippen molar-refractivity contribution in [3.8, 4) is 23.0 Å². The van der Waals surface area contributed by atoms with Crippen LogP contribution in [0.15, 0.2) is 72.8 Å². The van der Waals surface area contributed by atoms with E-state index >= 15 is 0 Å². The van der Waals surface area contributed by atoms with Crippen LogP contribution in [0.25, 0.3) is 0 Å². The van der Waals surface area contributed by atoms with E-state index in [1.807, 2.05) is 0 Å². The van der Waals surface area contributed by atoms with Crippen molar-refractivity contribution in [1.82, 2.24) is 0 Å². The molecule has 0 heterocycles. The van der Waals surface area contributed by atoms with Gasteiger partial charge in [-0.25, -0.2) is 0 Å². The second-order valence-electron chi connectivity index (χ2n) is 10.2. The molecule has 4 aromatic carbocycles. The third-order valence-electron chi connectivity index (χ3n) is 7.18. The Labute approximate surface area is 304 Å². The van der Waals surface area contributed by atoms with Crippen LogP contribution in [0.3, 0.4) is 0 Å². The minimum atomic E-state index is -1.11. The van der Waals surface area contributed by atoms with E-state index in [9.17, 15) is 25.2 Å². The second kappa shape index (κ2) is 24.8. The van der Waals surface area contributed by atoms with E-state index in [1.54, 1.807) is 72.8 Å². The molecule has 0 fully saturated rings. The molecule has 0 aliphatic rings. The van der Waals surface area contributed by atoms with Gasteiger partial charge >= 0.3 is 0 Å². The van der Waals surface area contributed by atoms with Crippen LogP contribution in [0.4, 0.5) is 0 Å². The summed E-state index contributed by atoms with van der Waals surface area (Å²) < 4.78 is 20.8. The normalized spacial score (nSPS) is 11.1. The number of ether oxygens (including phenoxy) is 4. The van der Waals surface area contributed by atoms with Gasteiger partial charge in [0, 0.05) is 32.8 Å². The number of aliphatic hydroxyl groups excluding tert-OH is 7. The zero-order valence-corrected chi connectivity index (χ0v) is 28.2. The molecule has 0 amide bonds. The Morgan fingerprint density at radius 3 is 1.61 bits per heavy atom. The highest BCUT2D eigenvalue weighted by atomic mass is 35.5. The summed E-state index contributed by atoms with van der Waals surface area (Å²) in [6.45, 7) is -1.14. The molecule has 2 atom stereocenters. The van der Waals surface area contributed by atoms with Gasteiger partial charge in [0.2, 0.25) is 0 Å². The van der Waals surface area contributed by atoms with Crippen molar-refractivity contribution in [3.05, 3.63) is 117 Å². The van der Waals surface area contributed by atoms with Crippen molar-refractivity contribution in [2.45, 2.75) is 60.1 Å². The SMILES string of the molecule is C.C.COc1cc(C(O)C(CO)Oc2ccccc2CO)ccc1CO.COc1cc(C=O)ccc1CO.COc1cc(CO)c(Cl)cc1CO. The molecule has 282 valence electrons. The van der Waals surface area contributed by atoms with Gasteiger partial charge in [-0.1, -0.05) is 68.9 Å². The molecule has 0 saturated heterocycles. The summed E-state index contributed by atoms with van der Waals surface area (Å²) in [7, 11) is 4.48. The summed E-state index contributed by atoms with van der Waals surface area (Å²) in [6.07, 6.45) is -1.28. The first-order valence-electron chi connectivity index (χ1n) is 14.9. The largest absolute Gasteiger partial charge is 0.496 e. The summed E-state index contributed by atoms with van der Waals surface area (Å²) in [5.74, 6) is 1.93. The molecule has 0 aliphatic heterocycles. The van der Waals surface area contributed by atoms with Crippen LogP contribution in [0.2, 0.25) is 5.02 Å². The molecule has 0 saturated carbocycles. The molecule has 13 heteroatoms. The Morgan fingerprint density at radius 1 is 0.608 bits per heavy atom. The lowest BCUT2D eigenvalue weighted by atomic mass is 10.0. The molecular weight excluding hydrogens is 684 g/mol. The minimum absolute atomic E-state index is 0. The van der Waals surface area contributed by atoms with E-state index in [4.69, 9.17) is 45.9 Å². The first kappa shape index (κ1) is 46.8. The van der Waals surface area contributed by atoms with Crippen LogP contribution in [0, 0.1) is 0 Å². The summed E-state index contributed by atoms with van der Waals surface area (Å²) in [5.41, 5.74) is 4.09. The number of aldehydes is 1. The molecule has 0 spiro atoms. The highest BCUT2D eigenvalue weighted by Gasteiger charge is 2.24. The van der Waals surface area contributed by atoms with Gasteiger partial charge in [0.25, 0.3) is 0 Å². The molecule has 0 radical (unpaired) electrons. The van der Waals surface area contributed by atoms with Crippen molar-refractivity contribution in [2.75, 3.05) is 27.9 Å². The van der Waals surface area contributed by atoms with Gasteiger partial charge < -0.3 is 54.7 Å². The number of hydrogen-bond donors (Lipinski definition) is 7. The number of rotatable bonds is 14. The fraction of sp³-hybridized carbons (Fsp3) is 0.342. The van der Waals surface area contributed by atoms with Gasteiger partial charge in [0.05, 0.1) is 61.0 Å². The zero-order valence-electron chi connectivity index (χ0n) is 27.5. The van der Waals surface area contributed by atoms with Crippen LogP contribution in [-0.4, -0.2) is 76.1 Å². The van der Waals surface area contributed by atoms with Crippen molar-refractivity contribution in [2.24, 2.45) is 0 Å². The number of halogens is 1. The summed E-state index contributed by atoms with van der Waals surface area (Å²) in [5, 5.41) is 65.8. The standard InChI is InChI=1S/C18H22O6.C9H11ClO3.C9H10O3.2CH4/c1-23-16-8-12(6-7-14(16)10-20)18(22)17(11-21)24-15-5-3-2-4-13(15)9-19;1-13-9-3-6(4-11)8(10)2-7(9)5-12;1-12-9-4-7(5-10)2-3-8(9)6-11;;/h2-8,17-22H,9-11H2,1H3;2-3,11-12H,4-5H2,1H3;2-5,11H,6H2,1H3;2*1H4. The van der Waals surface area contributed by atoms with Crippen molar-refractivity contribution in [1.29, 1.82) is 0 Å². The molecule has 7 N–H and O–H groups in total. The zero-order chi connectivity index (χ0) is 36.3. The summed E-state index contributed by atoms with van der Waals surface area (Å²) >= 11 is 5.81. The number of hydrogen-bond acceptors (Lipinski definition) is 12. The quantitative estimate of drug-likeness (QED) is 0.0880. The maximum Gasteiger partial charge on any atom is 0.152 e. The van der Waals surface area contributed by atoms with E-state index in [2.05, 4.69) is 0 Å². The van der Waals surface area contributed by atoms with Crippen molar-refractivity contribution in [3.63, 3.8) is 0 Å². The highest BCUT2D eigenvalue weighted by molar-refractivity contribution is 6.31. The number of carbonyl (C=O) groups excluding carboxylic acids is 1. The molecule has 51 heavy (non-hydrogen) atoms. The van der Waals surface area contributed by atoms with Gasteiger partial charge in [0.15, 0.2) is 6.10 Å². The number of para-hydroxylation sites is 1. The fourth-order valence-corrected chi connectivity index (χ4v) is 4.69. The highest BCUT2D eigenvalue weighted by Crippen LogP contribution is 2.29. The molecule has 2 unspecified atom stereocenters. The van der Waals surface area contributed by atoms with Crippen LogP contribution in [0.1, 0.15) is 64.7 Å². The van der Waals surface area contributed by atoms with E-state index < -0.39 is 18.8 Å². The van der Waals surface area contributed by atoms with Gasteiger partial charge in [-0.05, 0) is 41.5 Å². The Morgan fingerprint density at radius 2 is 1.10 bits per heavy atom. The fourth-order valence-electron chi connectivity index (χ4n) is 4.44. The smallest absolute Gasteiger partial charge is 0.152 e. The molecule has 4 aromatic rings. The topological polar surface area (TPSA) is 196 Å². The van der Waals surface area contributed by atoms with Crippen LogP contribution >= 0.6 is 11.6 Å². The summed E-state index contributed by atoms with van der Waals surface area (Å²) in [4.78, 5) is 10.4. The van der Waals surface area contributed by atoms with Crippen molar-refractivity contribution < 1.29 is 59.5 Å². The molecular formula is C38H51ClO12. The average Bonchev–Trinajstić information content (AvgIpc) is 3.16. The molecule has 0 aromatic heterocycles. The predicted octanol–water partition coefficient (Wildman–Crippen LogP) is 4.76. The van der Waals surface area contributed by atoms with E-state index in [-0.39, 0.29) is 47.9 Å². The Kier molecular flexibility index (Phi) is 22.8. The number of aliphatic hydroxyl groups is 7. The minimum Gasteiger partial charge on any atom is -0.496 e. The number of methoxy groups -OCH3 is 3. The maximum absolute atomic E-state index is 10.5. The molecule has 4 rings (SSSR count). The maximum atomic E-state index is 10.5. The predicted molar refractivity (Wildman–Crippen MR) is 195 cm³/mol. The van der Waals surface area contributed by atoms with E-state index in [0.29, 0.717) is 67.0 Å². The van der Waals surface area contributed by atoms with Gasteiger partial charge in [-0.2, -0.15) is 0 Å². The van der Waals surface area contributed by atoms with E-state index in [0.717, 1.165) is 6.29 Å². The Bertz CT molecular complexity index is 1600. The van der Waals surface area contributed by atoms with Crippen molar-refractivity contribution >= 4 is 17.9 Å². The van der Waals surface area contributed by atoms with Crippen LogP contribution in [0.5, 0.6) is 23.0 Å². The number of benzene rings is 4. The van der Waals surface area contributed by atoms with Crippen LogP contribution in [-0.2, 0) is 33.0 Å². The third kappa shape index (κ3) is 13.4. The lowest BCUT2D eigenvalue weighted by molar-refractivity contribution is -0.000340. The second-order valence-corrected chi connectivity index (χ2v) is 10.6. The van der Waals surface area contributed by atoms with Crippen LogP contribution < -0.4 is 18.9 Å². The Balaban J connectivity index is 0.000000788. The average molecular weight is 735 g/mol. The third-order valence-corrected chi connectivity index (χ3v) is 7.54. The monoisotopic (exact) mass is 734 g/mol. The van der Waals surface area contributed by atoms with Gasteiger partial charge in [0.1, 0.15) is 35.4 Å². The first-order valence-corrected chi connectivity index (χ1v) is 15.3. The lowest BCUT2D eigenvalue weighted by Crippen LogP contribution is -2.29. The van der Waals surface area contributed by atoms with Gasteiger partial charge in [-0.15, -0.1) is 0 Å². The molecule has 0 aliphatic carbocycles. The molecule has 0 bridgehead atoms. The lowest BCUT2D eigenvalue weighted by Gasteiger charge is -2.24. The summed E-state index contributed by atoms with van der Waals surface area (Å²) in [6, 6.07) is 19.9. The van der Waals surface area contributed by atoms with E-state index in [1.165, 1.54) is 21.3 Å². The first-order chi connectivity index (χ1) is 23.7. The Hall–Kier alpha value is -4.24. The number of carbonyl (C=O) groups is 1. The van der Waals surface area contributed by atoms with Gasteiger partial charge in [-0.3, -0.25) is 4.79 Å².